The highest BCUT2D eigenvalue weighted by atomic mass is 35.5. The Balaban J connectivity index is 1.56. The average molecular weight is 372 g/mol. The number of ether oxygens (including phenoxy) is 1. The van der Waals surface area contributed by atoms with E-state index in [2.05, 4.69) is 5.32 Å². The first-order valence-corrected chi connectivity index (χ1v) is 8.69. The van der Waals surface area contributed by atoms with E-state index in [0.29, 0.717) is 14.8 Å². The Kier molecular flexibility index (Phi) is 5.48. The van der Waals surface area contributed by atoms with Crippen molar-refractivity contribution in [2.75, 3.05) is 5.32 Å². The van der Waals surface area contributed by atoms with Gasteiger partial charge in [-0.3, -0.25) is 4.79 Å². The van der Waals surface area contributed by atoms with E-state index in [1.807, 2.05) is 30.3 Å². The number of benzene rings is 2. The molecule has 0 saturated carbocycles. The van der Waals surface area contributed by atoms with Gasteiger partial charge in [-0.2, -0.15) is 0 Å². The van der Waals surface area contributed by atoms with Crippen LogP contribution >= 0.6 is 22.9 Å². The Bertz CT molecular complexity index is 875. The van der Waals surface area contributed by atoms with Gasteiger partial charge < -0.3 is 10.1 Å². The molecule has 2 aromatic carbocycles. The minimum atomic E-state index is -0.414. The Hall–Kier alpha value is -2.63. The number of anilines is 1. The Morgan fingerprint density at radius 3 is 2.32 bits per heavy atom. The monoisotopic (exact) mass is 371 g/mol. The highest BCUT2D eigenvalue weighted by molar-refractivity contribution is 7.17. The predicted molar refractivity (Wildman–Crippen MR) is 99.3 cm³/mol. The molecule has 1 amide bonds. The molecular formula is C19H14ClNO3S. The molecule has 0 bridgehead atoms. The lowest BCUT2D eigenvalue weighted by Crippen LogP contribution is -2.11. The molecule has 0 atom stereocenters. The molecule has 0 aliphatic heterocycles. The van der Waals surface area contributed by atoms with E-state index < -0.39 is 5.97 Å². The number of carbonyl (C=O) groups excluding carboxylic acids is 2. The van der Waals surface area contributed by atoms with Gasteiger partial charge in [-0.05, 0) is 42.0 Å². The summed E-state index contributed by atoms with van der Waals surface area (Å²) in [5.41, 5.74) is 2.07. The molecule has 0 aliphatic carbocycles. The summed E-state index contributed by atoms with van der Waals surface area (Å²) in [7, 11) is 0. The number of halogens is 1. The third-order valence-electron chi connectivity index (χ3n) is 3.39. The largest absolute Gasteiger partial charge is 0.457 e. The molecule has 25 heavy (non-hydrogen) atoms. The number of esters is 1. The second kappa shape index (κ2) is 7.96. The summed E-state index contributed by atoms with van der Waals surface area (Å²) in [6.45, 7) is 0.134. The van der Waals surface area contributed by atoms with Crippen LogP contribution in [0.2, 0.25) is 4.34 Å². The van der Waals surface area contributed by atoms with Gasteiger partial charge in [0.1, 0.15) is 11.5 Å². The van der Waals surface area contributed by atoms with E-state index in [4.69, 9.17) is 16.3 Å². The van der Waals surface area contributed by atoms with Crippen LogP contribution in [0.25, 0.3) is 0 Å². The topological polar surface area (TPSA) is 55.4 Å². The Morgan fingerprint density at radius 1 is 0.960 bits per heavy atom. The number of rotatable bonds is 5. The fourth-order valence-electron chi connectivity index (χ4n) is 2.12. The number of para-hydroxylation sites is 1. The van der Waals surface area contributed by atoms with Gasteiger partial charge in [0.25, 0.3) is 5.91 Å². The van der Waals surface area contributed by atoms with Crippen molar-refractivity contribution in [3.8, 4) is 0 Å². The maximum atomic E-state index is 12.2. The van der Waals surface area contributed by atoms with Crippen molar-refractivity contribution in [3.05, 3.63) is 87.1 Å². The SMILES string of the molecule is O=C(Nc1ccccc1)c1ccc(COC(=O)c2ccc(Cl)s2)cc1. The summed E-state index contributed by atoms with van der Waals surface area (Å²) in [6.07, 6.45) is 0. The predicted octanol–water partition coefficient (Wildman–Crippen LogP) is 5.01. The molecule has 1 heterocycles. The van der Waals surface area contributed by atoms with Gasteiger partial charge in [0.15, 0.2) is 0 Å². The van der Waals surface area contributed by atoms with Gasteiger partial charge in [-0.1, -0.05) is 41.9 Å². The summed E-state index contributed by atoms with van der Waals surface area (Å²) in [4.78, 5) is 24.5. The van der Waals surface area contributed by atoms with Crippen molar-refractivity contribution in [1.82, 2.24) is 0 Å². The number of thiophene rings is 1. The van der Waals surface area contributed by atoms with Gasteiger partial charge in [0, 0.05) is 11.3 Å². The van der Waals surface area contributed by atoms with Gasteiger partial charge in [-0.25, -0.2) is 4.79 Å². The van der Waals surface area contributed by atoms with Gasteiger partial charge in [-0.15, -0.1) is 11.3 Å². The average Bonchev–Trinajstić information content (AvgIpc) is 3.07. The van der Waals surface area contributed by atoms with Crippen LogP contribution < -0.4 is 5.32 Å². The number of carbonyl (C=O) groups is 2. The number of nitrogens with one attached hydrogen (secondary N) is 1. The lowest BCUT2D eigenvalue weighted by molar-refractivity contribution is 0.0478. The van der Waals surface area contributed by atoms with E-state index in [1.165, 1.54) is 11.3 Å². The zero-order chi connectivity index (χ0) is 17.6. The number of amides is 1. The van der Waals surface area contributed by atoms with E-state index in [-0.39, 0.29) is 12.5 Å². The third-order valence-corrected chi connectivity index (χ3v) is 4.60. The molecule has 0 fully saturated rings. The standard InChI is InChI=1S/C19H14ClNO3S/c20-17-11-10-16(25-17)19(23)24-12-13-6-8-14(9-7-13)18(22)21-15-4-2-1-3-5-15/h1-11H,12H2,(H,21,22). The number of hydrogen-bond acceptors (Lipinski definition) is 4. The van der Waals surface area contributed by atoms with Crippen LogP contribution in [-0.2, 0) is 11.3 Å². The zero-order valence-corrected chi connectivity index (χ0v) is 14.6. The molecule has 6 heteroatoms. The van der Waals surface area contributed by atoms with Crippen LogP contribution in [0.15, 0.2) is 66.7 Å². The van der Waals surface area contributed by atoms with Crippen LogP contribution in [0.4, 0.5) is 5.69 Å². The van der Waals surface area contributed by atoms with E-state index >= 15 is 0 Å². The molecule has 0 aliphatic rings. The van der Waals surface area contributed by atoms with Crippen molar-refractivity contribution in [1.29, 1.82) is 0 Å². The van der Waals surface area contributed by atoms with Crippen LogP contribution in [-0.4, -0.2) is 11.9 Å². The maximum Gasteiger partial charge on any atom is 0.348 e. The molecule has 0 saturated heterocycles. The summed E-state index contributed by atoms with van der Waals surface area (Å²) in [6, 6.07) is 19.4. The molecule has 3 aromatic rings. The van der Waals surface area contributed by atoms with Gasteiger partial charge in [0.05, 0.1) is 4.34 Å². The normalized spacial score (nSPS) is 10.3. The number of hydrogen-bond donors (Lipinski definition) is 1. The maximum absolute atomic E-state index is 12.2. The van der Waals surface area contributed by atoms with E-state index in [1.54, 1.807) is 36.4 Å². The van der Waals surface area contributed by atoms with Crippen molar-refractivity contribution >= 4 is 40.5 Å². The fraction of sp³-hybridized carbons (Fsp3) is 0.0526. The molecule has 0 spiro atoms. The van der Waals surface area contributed by atoms with Crippen LogP contribution in [0, 0.1) is 0 Å². The molecule has 1 N–H and O–H groups in total. The first kappa shape index (κ1) is 17.2. The summed E-state index contributed by atoms with van der Waals surface area (Å²) < 4.78 is 5.78. The first-order chi connectivity index (χ1) is 12.1. The Labute approximate surface area is 154 Å². The lowest BCUT2D eigenvalue weighted by atomic mass is 10.1. The second-order valence-electron chi connectivity index (χ2n) is 5.20. The van der Waals surface area contributed by atoms with Crippen molar-refractivity contribution in [2.45, 2.75) is 6.61 Å². The highest BCUT2D eigenvalue weighted by Crippen LogP contribution is 2.22. The second-order valence-corrected chi connectivity index (χ2v) is 6.91. The van der Waals surface area contributed by atoms with E-state index in [9.17, 15) is 9.59 Å². The van der Waals surface area contributed by atoms with Gasteiger partial charge >= 0.3 is 5.97 Å². The quantitative estimate of drug-likeness (QED) is 0.641. The lowest BCUT2D eigenvalue weighted by Gasteiger charge is -2.07. The van der Waals surface area contributed by atoms with Crippen LogP contribution in [0.1, 0.15) is 25.6 Å². The summed E-state index contributed by atoms with van der Waals surface area (Å²) in [5, 5.41) is 2.82. The molecule has 0 radical (unpaired) electrons. The molecule has 3 rings (SSSR count). The molecular weight excluding hydrogens is 358 g/mol. The fourth-order valence-corrected chi connectivity index (χ4v) is 3.06. The summed E-state index contributed by atoms with van der Waals surface area (Å²) >= 11 is 6.98. The van der Waals surface area contributed by atoms with Crippen molar-refractivity contribution in [3.63, 3.8) is 0 Å². The molecule has 1 aromatic heterocycles. The third kappa shape index (κ3) is 4.68. The molecule has 0 unspecified atom stereocenters. The minimum Gasteiger partial charge on any atom is -0.457 e. The molecule has 126 valence electrons. The zero-order valence-electron chi connectivity index (χ0n) is 13.1. The minimum absolute atomic E-state index is 0.134. The highest BCUT2D eigenvalue weighted by Gasteiger charge is 2.11. The van der Waals surface area contributed by atoms with Gasteiger partial charge in [0.2, 0.25) is 0 Å². The summed E-state index contributed by atoms with van der Waals surface area (Å²) in [5.74, 6) is -0.606. The molecule has 4 nitrogen and oxygen atoms in total. The van der Waals surface area contributed by atoms with E-state index in [0.717, 1.165) is 11.3 Å². The Morgan fingerprint density at radius 2 is 1.68 bits per heavy atom. The van der Waals surface area contributed by atoms with Crippen LogP contribution in [0.5, 0.6) is 0 Å². The first-order valence-electron chi connectivity index (χ1n) is 7.49. The van der Waals surface area contributed by atoms with Crippen molar-refractivity contribution in [2.24, 2.45) is 0 Å². The van der Waals surface area contributed by atoms with Crippen molar-refractivity contribution < 1.29 is 14.3 Å². The van der Waals surface area contributed by atoms with Crippen LogP contribution in [0.3, 0.4) is 0 Å². The smallest absolute Gasteiger partial charge is 0.348 e.